The molecule has 0 aliphatic carbocycles. The highest BCUT2D eigenvalue weighted by Crippen LogP contribution is 2.23. The molecule has 0 spiro atoms. The molecule has 28 heavy (non-hydrogen) atoms. The van der Waals surface area contributed by atoms with E-state index in [1.54, 1.807) is 4.90 Å². The minimum absolute atomic E-state index is 0.0269. The van der Waals surface area contributed by atoms with E-state index in [1.165, 1.54) is 6.92 Å². The Morgan fingerprint density at radius 2 is 1.75 bits per heavy atom. The molecule has 2 amide bonds. The highest BCUT2D eigenvalue weighted by molar-refractivity contribution is 6.30. The first-order valence-corrected chi connectivity index (χ1v) is 9.86. The summed E-state index contributed by atoms with van der Waals surface area (Å²) >= 11 is 6.08. The molecule has 1 saturated heterocycles. The number of carbonyl (C=O) groups excluding carboxylic acids is 2. The van der Waals surface area contributed by atoms with E-state index in [9.17, 15) is 9.59 Å². The number of hydrogen-bond donors (Lipinski definition) is 0. The maximum atomic E-state index is 12.9. The summed E-state index contributed by atoms with van der Waals surface area (Å²) in [6.45, 7) is 8.30. The van der Waals surface area contributed by atoms with Gasteiger partial charge < -0.3 is 14.7 Å². The number of rotatable bonds is 4. The van der Waals surface area contributed by atoms with Crippen molar-refractivity contribution in [2.75, 3.05) is 42.5 Å². The predicted octanol–water partition coefficient (Wildman–Crippen LogP) is 3.66. The van der Waals surface area contributed by atoms with Gasteiger partial charge in [-0.15, -0.1) is 0 Å². The first kappa shape index (κ1) is 20.2. The molecule has 148 valence electrons. The second kappa shape index (κ2) is 8.65. The Morgan fingerprint density at radius 3 is 2.36 bits per heavy atom. The van der Waals surface area contributed by atoms with Crippen LogP contribution >= 0.6 is 11.6 Å². The van der Waals surface area contributed by atoms with Crippen LogP contribution in [-0.4, -0.2) is 49.4 Å². The van der Waals surface area contributed by atoms with Crippen LogP contribution < -0.4 is 9.80 Å². The molecule has 3 rings (SSSR count). The zero-order valence-electron chi connectivity index (χ0n) is 16.6. The normalized spacial score (nSPS) is 14.1. The van der Waals surface area contributed by atoms with Crippen LogP contribution in [0.1, 0.15) is 18.1 Å². The molecule has 2 aromatic carbocycles. The number of amides is 2. The minimum Gasteiger partial charge on any atom is -0.368 e. The standard InChI is InChI=1S/C22H26ClN3O2/c1-16-7-8-21(17(2)13-16)26(18(3)27)15-22(28)25-11-9-24(10-12-25)20-6-4-5-19(23)14-20/h4-8,13-14H,9-12,15H2,1-3H3. The molecule has 0 unspecified atom stereocenters. The van der Waals surface area contributed by atoms with Crippen molar-refractivity contribution >= 4 is 34.8 Å². The molecule has 0 bridgehead atoms. The second-order valence-electron chi connectivity index (χ2n) is 7.24. The number of piperazine rings is 1. The van der Waals surface area contributed by atoms with E-state index >= 15 is 0 Å². The highest BCUT2D eigenvalue weighted by Gasteiger charge is 2.25. The monoisotopic (exact) mass is 399 g/mol. The number of aryl methyl sites for hydroxylation is 2. The van der Waals surface area contributed by atoms with E-state index in [0.29, 0.717) is 18.1 Å². The number of anilines is 2. The SMILES string of the molecule is CC(=O)N(CC(=O)N1CCN(c2cccc(Cl)c2)CC1)c1ccc(C)cc1C. The lowest BCUT2D eigenvalue weighted by molar-refractivity contribution is -0.131. The van der Waals surface area contributed by atoms with Crippen molar-refractivity contribution in [2.24, 2.45) is 0 Å². The molecule has 0 atom stereocenters. The number of benzene rings is 2. The van der Waals surface area contributed by atoms with Crippen molar-refractivity contribution in [3.05, 3.63) is 58.6 Å². The molecule has 1 fully saturated rings. The molecule has 1 aliphatic heterocycles. The van der Waals surface area contributed by atoms with Gasteiger partial charge in [0.1, 0.15) is 6.54 Å². The van der Waals surface area contributed by atoms with Crippen LogP contribution in [0.25, 0.3) is 0 Å². The molecule has 5 nitrogen and oxygen atoms in total. The third-order valence-electron chi connectivity index (χ3n) is 5.12. The lowest BCUT2D eigenvalue weighted by Crippen LogP contribution is -2.52. The number of carbonyl (C=O) groups is 2. The van der Waals surface area contributed by atoms with Crippen molar-refractivity contribution in [3.8, 4) is 0 Å². The lowest BCUT2D eigenvalue weighted by Gasteiger charge is -2.37. The largest absolute Gasteiger partial charge is 0.368 e. The summed E-state index contributed by atoms with van der Waals surface area (Å²) in [7, 11) is 0. The first-order chi connectivity index (χ1) is 13.3. The Hall–Kier alpha value is -2.53. The van der Waals surface area contributed by atoms with Crippen molar-refractivity contribution < 1.29 is 9.59 Å². The topological polar surface area (TPSA) is 43.9 Å². The van der Waals surface area contributed by atoms with Gasteiger partial charge in [-0.2, -0.15) is 0 Å². The Labute approximate surface area is 171 Å². The maximum Gasteiger partial charge on any atom is 0.242 e. The fourth-order valence-electron chi connectivity index (χ4n) is 3.60. The highest BCUT2D eigenvalue weighted by atomic mass is 35.5. The smallest absolute Gasteiger partial charge is 0.242 e. The van der Waals surface area contributed by atoms with Crippen LogP contribution in [0.4, 0.5) is 11.4 Å². The van der Waals surface area contributed by atoms with E-state index in [1.807, 2.05) is 61.2 Å². The predicted molar refractivity (Wildman–Crippen MR) is 114 cm³/mol. The van der Waals surface area contributed by atoms with Crippen LogP contribution in [0.3, 0.4) is 0 Å². The molecule has 0 N–H and O–H groups in total. The molecule has 6 heteroatoms. The van der Waals surface area contributed by atoms with Crippen molar-refractivity contribution in [2.45, 2.75) is 20.8 Å². The average molecular weight is 400 g/mol. The first-order valence-electron chi connectivity index (χ1n) is 9.49. The van der Waals surface area contributed by atoms with Crippen LogP contribution in [0.2, 0.25) is 5.02 Å². The average Bonchev–Trinajstić information content (AvgIpc) is 2.66. The Balaban J connectivity index is 1.64. The van der Waals surface area contributed by atoms with Crippen LogP contribution in [-0.2, 0) is 9.59 Å². The lowest BCUT2D eigenvalue weighted by atomic mass is 10.1. The van der Waals surface area contributed by atoms with Crippen LogP contribution in [0, 0.1) is 13.8 Å². The zero-order chi connectivity index (χ0) is 20.3. The van der Waals surface area contributed by atoms with E-state index in [2.05, 4.69) is 4.90 Å². The van der Waals surface area contributed by atoms with Crippen molar-refractivity contribution in [3.63, 3.8) is 0 Å². The third-order valence-corrected chi connectivity index (χ3v) is 5.36. The second-order valence-corrected chi connectivity index (χ2v) is 7.68. The molecule has 1 heterocycles. The number of halogens is 1. The Kier molecular flexibility index (Phi) is 6.25. The number of nitrogens with zero attached hydrogens (tertiary/aromatic N) is 3. The zero-order valence-corrected chi connectivity index (χ0v) is 17.4. The molecule has 2 aromatic rings. The van der Waals surface area contributed by atoms with Crippen molar-refractivity contribution in [1.82, 2.24) is 4.90 Å². The minimum atomic E-state index is -0.127. The molecule has 0 saturated carbocycles. The summed E-state index contributed by atoms with van der Waals surface area (Å²) < 4.78 is 0. The molecular weight excluding hydrogens is 374 g/mol. The summed E-state index contributed by atoms with van der Waals surface area (Å²) in [5, 5.41) is 0.710. The molecule has 0 aromatic heterocycles. The van der Waals surface area contributed by atoms with Gasteiger partial charge in [-0.25, -0.2) is 0 Å². The molecule has 0 radical (unpaired) electrons. The molecular formula is C22H26ClN3O2. The van der Waals surface area contributed by atoms with Crippen LogP contribution in [0.15, 0.2) is 42.5 Å². The van der Waals surface area contributed by atoms with Gasteiger partial charge in [-0.3, -0.25) is 9.59 Å². The van der Waals surface area contributed by atoms with Gasteiger partial charge in [0, 0.05) is 49.5 Å². The van der Waals surface area contributed by atoms with Gasteiger partial charge in [0.15, 0.2) is 0 Å². The van der Waals surface area contributed by atoms with E-state index in [-0.39, 0.29) is 18.4 Å². The summed E-state index contributed by atoms with van der Waals surface area (Å²) in [6.07, 6.45) is 0. The quantitative estimate of drug-likeness (QED) is 0.788. The van der Waals surface area contributed by atoms with Gasteiger partial charge in [-0.1, -0.05) is 35.4 Å². The van der Waals surface area contributed by atoms with Crippen LogP contribution in [0.5, 0.6) is 0 Å². The number of hydrogen-bond acceptors (Lipinski definition) is 3. The van der Waals surface area contributed by atoms with Gasteiger partial charge in [0.25, 0.3) is 0 Å². The fourth-order valence-corrected chi connectivity index (χ4v) is 3.78. The summed E-state index contributed by atoms with van der Waals surface area (Å²) in [5.41, 5.74) is 3.99. The van der Waals surface area contributed by atoms with Gasteiger partial charge in [0.05, 0.1) is 0 Å². The van der Waals surface area contributed by atoms with Gasteiger partial charge >= 0.3 is 0 Å². The summed E-state index contributed by atoms with van der Waals surface area (Å²) in [4.78, 5) is 30.7. The van der Waals surface area contributed by atoms with Gasteiger partial charge in [-0.05, 0) is 43.7 Å². The van der Waals surface area contributed by atoms with Crippen molar-refractivity contribution in [1.29, 1.82) is 0 Å². The fraction of sp³-hybridized carbons (Fsp3) is 0.364. The maximum absolute atomic E-state index is 12.9. The molecule has 1 aliphatic rings. The summed E-state index contributed by atoms with van der Waals surface area (Å²) in [5.74, 6) is -0.154. The Bertz CT molecular complexity index is 876. The van der Waals surface area contributed by atoms with E-state index < -0.39 is 0 Å². The third kappa shape index (κ3) is 4.65. The van der Waals surface area contributed by atoms with E-state index in [4.69, 9.17) is 11.6 Å². The van der Waals surface area contributed by atoms with E-state index in [0.717, 1.165) is 35.6 Å². The summed E-state index contributed by atoms with van der Waals surface area (Å²) in [6, 6.07) is 13.7. The van der Waals surface area contributed by atoms with Gasteiger partial charge in [0.2, 0.25) is 11.8 Å². The Morgan fingerprint density at radius 1 is 1.04 bits per heavy atom.